The number of halogens is 2. The van der Waals surface area contributed by atoms with Crippen molar-refractivity contribution >= 4 is 15.9 Å². The molecule has 2 N–H and O–H groups in total. The Morgan fingerprint density at radius 1 is 1.17 bits per heavy atom. The van der Waals surface area contributed by atoms with E-state index in [4.69, 9.17) is 9.15 Å². The maximum atomic E-state index is 12.4. The van der Waals surface area contributed by atoms with Gasteiger partial charge in [0.05, 0.1) is 7.11 Å². The van der Waals surface area contributed by atoms with Gasteiger partial charge in [-0.15, -0.1) is 0 Å². The van der Waals surface area contributed by atoms with E-state index < -0.39 is 28.1 Å². The van der Waals surface area contributed by atoms with E-state index in [1.165, 1.54) is 31.4 Å². The average molecular weight is 446 g/mol. The Balaban J connectivity index is 1.96. The van der Waals surface area contributed by atoms with Crippen molar-refractivity contribution in [1.29, 1.82) is 0 Å². The number of nitrogens with one attached hydrogen (secondary N) is 2. The van der Waals surface area contributed by atoms with Gasteiger partial charge in [0.15, 0.2) is 17.3 Å². The molecule has 0 aliphatic carbocycles. The quantitative estimate of drug-likeness (QED) is 0.613. The summed E-state index contributed by atoms with van der Waals surface area (Å²) < 4.78 is 66.2. The minimum Gasteiger partial charge on any atom is -0.493 e. The molecule has 11 heteroatoms. The molecule has 2 aromatic rings. The molecule has 0 radical (unpaired) electrons. The molecular weight excluding hydrogens is 422 g/mol. The zero-order chi connectivity index (χ0) is 22.5. The second kappa shape index (κ2) is 9.43. The van der Waals surface area contributed by atoms with Gasteiger partial charge in [-0.1, -0.05) is 6.07 Å². The molecule has 2 rings (SSSR count). The molecule has 166 valence electrons. The molecule has 30 heavy (non-hydrogen) atoms. The first-order valence-corrected chi connectivity index (χ1v) is 10.4. The van der Waals surface area contributed by atoms with E-state index >= 15 is 0 Å². The molecule has 1 aromatic heterocycles. The highest BCUT2D eigenvalue weighted by atomic mass is 32.2. The van der Waals surface area contributed by atoms with Gasteiger partial charge < -0.3 is 19.2 Å². The molecule has 0 atom stereocenters. The summed E-state index contributed by atoms with van der Waals surface area (Å²) in [6.07, 6.45) is 0.370. The summed E-state index contributed by atoms with van der Waals surface area (Å²) in [5.41, 5.74) is 0.0104. The minimum absolute atomic E-state index is 0.0894. The molecule has 0 aliphatic heterocycles. The lowest BCUT2D eigenvalue weighted by molar-refractivity contribution is -0.0512. The highest BCUT2D eigenvalue weighted by Gasteiger charge is 2.26. The van der Waals surface area contributed by atoms with Crippen LogP contribution in [-0.4, -0.2) is 40.1 Å². The van der Waals surface area contributed by atoms with E-state index in [0.29, 0.717) is 12.0 Å². The van der Waals surface area contributed by atoms with E-state index in [1.54, 1.807) is 26.8 Å². The number of ether oxygens (including phenoxy) is 2. The smallest absolute Gasteiger partial charge is 0.387 e. The van der Waals surface area contributed by atoms with Crippen molar-refractivity contribution in [2.24, 2.45) is 0 Å². The van der Waals surface area contributed by atoms with Crippen LogP contribution in [0, 0.1) is 0 Å². The van der Waals surface area contributed by atoms with Gasteiger partial charge >= 0.3 is 6.61 Å². The van der Waals surface area contributed by atoms with Crippen molar-refractivity contribution in [2.75, 3.05) is 13.7 Å². The summed E-state index contributed by atoms with van der Waals surface area (Å²) in [5.74, 6) is -0.681. The van der Waals surface area contributed by atoms with Crippen LogP contribution in [0.5, 0.6) is 11.5 Å². The fourth-order valence-corrected chi connectivity index (χ4v) is 3.86. The van der Waals surface area contributed by atoms with E-state index in [-0.39, 0.29) is 28.9 Å². The van der Waals surface area contributed by atoms with Gasteiger partial charge in [-0.2, -0.15) is 8.78 Å². The monoisotopic (exact) mass is 446 g/mol. The van der Waals surface area contributed by atoms with Crippen molar-refractivity contribution in [3.05, 3.63) is 41.7 Å². The normalized spacial score (nSPS) is 12.1. The van der Waals surface area contributed by atoms with Crippen LogP contribution >= 0.6 is 0 Å². The zero-order valence-electron chi connectivity index (χ0n) is 17.0. The van der Waals surface area contributed by atoms with Gasteiger partial charge in [0.1, 0.15) is 0 Å². The lowest BCUT2D eigenvalue weighted by Crippen LogP contribution is -2.40. The first-order chi connectivity index (χ1) is 13.9. The zero-order valence-corrected chi connectivity index (χ0v) is 17.8. The fraction of sp³-hybridized carbons (Fsp3) is 0.421. The van der Waals surface area contributed by atoms with Crippen LogP contribution in [0.1, 0.15) is 36.9 Å². The van der Waals surface area contributed by atoms with Crippen LogP contribution in [0.4, 0.5) is 8.78 Å². The van der Waals surface area contributed by atoms with E-state index in [0.717, 1.165) is 0 Å². The summed E-state index contributed by atoms with van der Waals surface area (Å²) in [7, 11) is -2.56. The molecule has 0 saturated heterocycles. The fourth-order valence-electron chi connectivity index (χ4n) is 2.51. The number of rotatable bonds is 9. The Bertz CT molecular complexity index is 983. The number of hydrogen-bond acceptors (Lipinski definition) is 6. The van der Waals surface area contributed by atoms with Gasteiger partial charge in [0.25, 0.3) is 15.9 Å². The number of carbonyl (C=O) groups excluding carboxylic acids is 1. The Hall–Kier alpha value is -2.66. The predicted molar refractivity (Wildman–Crippen MR) is 104 cm³/mol. The van der Waals surface area contributed by atoms with Crippen LogP contribution in [0.15, 0.2) is 39.8 Å². The number of furan rings is 1. The van der Waals surface area contributed by atoms with Crippen LogP contribution in [0.2, 0.25) is 0 Å². The van der Waals surface area contributed by atoms with Crippen molar-refractivity contribution in [3.8, 4) is 11.5 Å². The van der Waals surface area contributed by atoms with E-state index in [9.17, 15) is 22.0 Å². The number of methoxy groups -OCH3 is 1. The van der Waals surface area contributed by atoms with Crippen LogP contribution < -0.4 is 19.5 Å². The lowest BCUT2D eigenvalue weighted by Gasteiger charge is -2.18. The van der Waals surface area contributed by atoms with Crippen LogP contribution in [0.25, 0.3) is 0 Å². The largest absolute Gasteiger partial charge is 0.493 e. The number of amides is 1. The highest BCUT2D eigenvalue weighted by Crippen LogP contribution is 2.29. The number of alkyl halides is 2. The average Bonchev–Trinajstić information content (AvgIpc) is 3.11. The number of carbonyl (C=O) groups is 1. The molecule has 1 aromatic carbocycles. The highest BCUT2D eigenvalue weighted by molar-refractivity contribution is 7.89. The maximum Gasteiger partial charge on any atom is 0.387 e. The minimum atomic E-state index is -3.89. The molecule has 0 unspecified atom stereocenters. The van der Waals surface area contributed by atoms with Crippen molar-refractivity contribution in [3.63, 3.8) is 0 Å². The molecule has 0 bridgehead atoms. The number of hydrogen-bond donors (Lipinski definition) is 2. The summed E-state index contributed by atoms with van der Waals surface area (Å²) >= 11 is 0. The summed E-state index contributed by atoms with van der Waals surface area (Å²) in [6, 6.07) is 6.93. The SMILES string of the molecule is COc1cc(CCNC(=O)c2ccc(S(=O)(=O)NC(C)(C)C)o2)ccc1OC(F)F. The van der Waals surface area contributed by atoms with Gasteiger partial charge in [-0.05, 0) is 57.0 Å². The molecule has 0 saturated carbocycles. The van der Waals surface area contributed by atoms with Gasteiger partial charge in [0, 0.05) is 12.1 Å². The van der Waals surface area contributed by atoms with Gasteiger partial charge in [0.2, 0.25) is 5.09 Å². The third-order valence-corrected chi connectivity index (χ3v) is 5.28. The summed E-state index contributed by atoms with van der Waals surface area (Å²) in [5, 5.41) is 2.25. The molecule has 1 heterocycles. The Morgan fingerprint density at radius 3 is 2.47 bits per heavy atom. The number of benzene rings is 1. The Labute approximate surface area is 173 Å². The molecular formula is C19H24F2N2O6S. The van der Waals surface area contributed by atoms with Gasteiger partial charge in [-0.3, -0.25) is 4.79 Å². The molecule has 0 aliphatic rings. The van der Waals surface area contributed by atoms with E-state index in [1.807, 2.05) is 0 Å². The van der Waals surface area contributed by atoms with Crippen molar-refractivity contribution in [2.45, 2.75) is 44.4 Å². The molecule has 0 spiro atoms. The topological polar surface area (TPSA) is 107 Å². The first-order valence-electron chi connectivity index (χ1n) is 8.95. The van der Waals surface area contributed by atoms with Crippen molar-refractivity contribution in [1.82, 2.24) is 10.0 Å². The lowest BCUT2D eigenvalue weighted by atomic mass is 10.1. The summed E-state index contributed by atoms with van der Waals surface area (Å²) in [4.78, 5) is 12.2. The first kappa shape index (κ1) is 23.6. The summed E-state index contributed by atoms with van der Waals surface area (Å²) in [6.45, 7) is 2.27. The van der Waals surface area contributed by atoms with Crippen LogP contribution in [0.3, 0.4) is 0 Å². The third-order valence-electron chi connectivity index (χ3n) is 3.65. The maximum absolute atomic E-state index is 12.4. The molecule has 0 fully saturated rings. The molecule has 1 amide bonds. The third kappa shape index (κ3) is 6.70. The standard InChI is InChI=1S/C19H24F2N2O6S/c1-19(2,3)23-30(25,26)16-8-7-14(28-16)17(24)22-10-9-12-5-6-13(29-18(20)21)15(11-12)27-4/h5-8,11,18,23H,9-10H2,1-4H3,(H,22,24). The Morgan fingerprint density at radius 2 is 1.87 bits per heavy atom. The predicted octanol–water partition coefficient (Wildman–Crippen LogP) is 2.94. The van der Waals surface area contributed by atoms with Crippen molar-refractivity contribution < 1.29 is 35.9 Å². The number of sulfonamides is 1. The second-order valence-electron chi connectivity index (χ2n) is 7.34. The van der Waals surface area contributed by atoms with Crippen LogP contribution in [-0.2, 0) is 16.4 Å². The second-order valence-corrected chi connectivity index (χ2v) is 8.96. The van der Waals surface area contributed by atoms with E-state index in [2.05, 4.69) is 14.8 Å². The molecule has 8 nitrogen and oxygen atoms in total. The Kier molecular flexibility index (Phi) is 7.43. The van der Waals surface area contributed by atoms with Gasteiger partial charge in [-0.25, -0.2) is 13.1 Å².